The number of hydrogen-bond donors (Lipinski definition) is 2. The van der Waals surface area contributed by atoms with Gasteiger partial charge in [-0.3, -0.25) is 4.79 Å². The van der Waals surface area contributed by atoms with Crippen LogP contribution in [-0.2, 0) is 14.9 Å². The second-order valence-electron chi connectivity index (χ2n) is 7.97. The van der Waals surface area contributed by atoms with E-state index >= 15 is 0 Å². The van der Waals surface area contributed by atoms with Gasteiger partial charge in [-0.05, 0) is 68.3 Å². The number of hydrogen-bond acceptors (Lipinski definition) is 3. The maximum atomic E-state index is 12.6. The molecule has 0 aromatic heterocycles. The van der Waals surface area contributed by atoms with Crippen molar-refractivity contribution in [2.24, 2.45) is 11.8 Å². The lowest BCUT2D eigenvalue weighted by atomic mass is 9.74. The zero-order chi connectivity index (χ0) is 18.4. The highest BCUT2D eigenvalue weighted by Crippen LogP contribution is 2.35. The van der Waals surface area contributed by atoms with Crippen molar-refractivity contribution in [1.82, 2.24) is 10.6 Å². The Morgan fingerprint density at radius 1 is 1.41 bits per heavy atom. The Hall–Kier alpha value is -0.810. The first-order valence-electron chi connectivity index (χ1n) is 9.90. The number of benzene rings is 1. The fourth-order valence-corrected chi connectivity index (χ4v) is 4.50. The number of rotatable bonds is 6. The summed E-state index contributed by atoms with van der Waals surface area (Å²) in [5.74, 6) is 1.19. The van der Waals surface area contributed by atoms with E-state index in [1.807, 2.05) is 18.2 Å². The molecule has 0 bridgehead atoms. The van der Waals surface area contributed by atoms with E-state index in [0.29, 0.717) is 24.8 Å². The highest BCUT2D eigenvalue weighted by atomic mass is 35.5. The lowest BCUT2D eigenvalue weighted by Gasteiger charge is -2.38. The minimum atomic E-state index is -0.0750. The first-order chi connectivity index (χ1) is 12.6. The van der Waals surface area contributed by atoms with E-state index < -0.39 is 0 Å². The van der Waals surface area contributed by atoms with E-state index in [2.05, 4.69) is 23.6 Å². The van der Waals surface area contributed by atoms with Crippen molar-refractivity contribution < 1.29 is 9.53 Å². The molecule has 1 aromatic carbocycles. The van der Waals surface area contributed by atoms with E-state index in [1.165, 1.54) is 18.4 Å². The Labute approximate surface area is 174 Å². The Balaban J connectivity index is 0.00000261. The van der Waals surface area contributed by atoms with Gasteiger partial charge in [0.25, 0.3) is 0 Å². The number of nitrogens with one attached hydrogen (secondary N) is 2. The lowest BCUT2D eigenvalue weighted by Crippen LogP contribution is -2.45. The zero-order valence-electron chi connectivity index (χ0n) is 16.1. The fraction of sp³-hybridized carbons (Fsp3) is 0.667. The van der Waals surface area contributed by atoms with Crippen molar-refractivity contribution in [3.8, 4) is 0 Å². The molecular weight excluding hydrogens is 383 g/mol. The van der Waals surface area contributed by atoms with Gasteiger partial charge in [0.2, 0.25) is 5.91 Å². The van der Waals surface area contributed by atoms with E-state index in [9.17, 15) is 4.79 Å². The predicted octanol–water partition coefficient (Wildman–Crippen LogP) is 3.95. The van der Waals surface area contributed by atoms with Crippen LogP contribution in [0.1, 0.15) is 44.6 Å². The number of amides is 1. The van der Waals surface area contributed by atoms with Crippen molar-refractivity contribution in [2.75, 3.05) is 32.8 Å². The first kappa shape index (κ1) is 22.5. The molecule has 1 aromatic rings. The standard InChI is InChI=1S/C21H31ClN2O2.ClH/c1-16(17-4-3-9-23-14-17)12-20(25)24-15-21(7-10-26-11-8-21)18-5-2-6-19(22)13-18;/h2,5-6,13,16-17,23H,3-4,7-12,14-15H2,1H3,(H,24,25);1H. The molecule has 2 unspecified atom stereocenters. The highest BCUT2D eigenvalue weighted by molar-refractivity contribution is 6.30. The molecule has 2 saturated heterocycles. The van der Waals surface area contributed by atoms with Gasteiger partial charge in [-0.2, -0.15) is 0 Å². The third-order valence-corrected chi connectivity index (χ3v) is 6.39. The van der Waals surface area contributed by atoms with Crippen molar-refractivity contribution in [1.29, 1.82) is 0 Å². The van der Waals surface area contributed by atoms with Crippen LogP contribution in [0.15, 0.2) is 24.3 Å². The number of halogens is 2. The molecule has 6 heteroatoms. The highest BCUT2D eigenvalue weighted by Gasteiger charge is 2.35. The Bertz CT molecular complexity index is 600. The normalized spacial score (nSPS) is 23.1. The van der Waals surface area contributed by atoms with Crippen LogP contribution in [0.3, 0.4) is 0 Å². The Kier molecular flexibility index (Phi) is 8.87. The summed E-state index contributed by atoms with van der Waals surface area (Å²) >= 11 is 6.22. The average molecular weight is 415 g/mol. The van der Waals surface area contributed by atoms with Gasteiger partial charge in [0.15, 0.2) is 0 Å². The lowest BCUT2D eigenvalue weighted by molar-refractivity contribution is -0.122. The van der Waals surface area contributed by atoms with Crippen LogP contribution in [0, 0.1) is 11.8 Å². The second kappa shape index (κ2) is 10.7. The summed E-state index contributed by atoms with van der Waals surface area (Å²) in [4.78, 5) is 12.6. The molecular formula is C21H32Cl2N2O2. The summed E-state index contributed by atoms with van der Waals surface area (Å²) in [6, 6.07) is 8.06. The molecule has 3 rings (SSSR count). The first-order valence-corrected chi connectivity index (χ1v) is 10.3. The van der Waals surface area contributed by atoms with Crippen LogP contribution in [-0.4, -0.2) is 38.8 Å². The number of ether oxygens (including phenoxy) is 1. The Morgan fingerprint density at radius 2 is 2.19 bits per heavy atom. The van der Waals surface area contributed by atoms with Gasteiger partial charge in [0.1, 0.15) is 0 Å². The quantitative estimate of drug-likeness (QED) is 0.740. The zero-order valence-corrected chi connectivity index (χ0v) is 17.7. The third-order valence-electron chi connectivity index (χ3n) is 6.16. The number of carbonyl (C=O) groups is 1. The van der Waals surface area contributed by atoms with E-state index in [4.69, 9.17) is 16.3 Å². The second-order valence-corrected chi connectivity index (χ2v) is 8.40. The van der Waals surface area contributed by atoms with Gasteiger partial charge in [-0.1, -0.05) is 30.7 Å². The molecule has 2 N–H and O–H groups in total. The summed E-state index contributed by atoms with van der Waals surface area (Å²) in [5.41, 5.74) is 1.13. The summed E-state index contributed by atoms with van der Waals surface area (Å²) in [7, 11) is 0. The maximum Gasteiger partial charge on any atom is 0.220 e. The van der Waals surface area contributed by atoms with Crippen molar-refractivity contribution in [2.45, 2.75) is 44.4 Å². The van der Waals surface area contributed by atoms with Crippen LogP contribution < -0.4 is 10.6 Å². The molecule has 0 spiro atoms. The SMILES string of the molecule is CC(CC(=O)NCC1(c2cccc(Cl)c2)CCOCC1)C1CCCNC1.Cl. The van der Waals surface area contributed by atoms with E-state index in [1.54, 1.807) is 0 Å². The topological polar surface area (TPSA) is 50.4 Å². The van der Waals surface area contributed by atoms with Crippen LogP contribution in [0.2, 0.25) is 5.02 Å². The number of carbonyl (C=O) groups excluding carboxylic acids is 1. The van der Waals surface area contributed by atoms with Gasteiger partial charge in [-0.15, -0.1) is 12.4 Å². The van der Waals surface area contributed by atoms with Gasteiger partial charge >= 0.3 is 0 Å². The smallest absolute Gasteiger partial charge is 0.220 e. The summed E-state index contributed by atoms with van der Waals surface area (Å²) in [6.07, 6.45) is 4.87. The minimum absolute atomic E-state index is 0. The van der Waals surface area contributed by atoms with Gasteiger partial charge < -0.3 is 15.4 Å². The molecule has 0 aliphatic carbocycles. The summed E-state index contributed by atoms with van der Waals surface area (Å²) in [5, 5.41) is 7.42. The van der Waals surface area contributed by atoms with Gasteiger partial charge in [0.05, 0.1) is 0 Å². The molecule has 2 atom stereocenters. The summed E-state index contributed by atoms with van der Waals surface area (Å²) < 4.78 is 5.57. The molecule has 2 aliphatic heterocycles. The predicted molar refractivity (Wildman–Crippen MR) is 113 cm³/mol. The Morgan fingerprint density at radius 3 is 2.85 bits per heavy atom. The molecule has 2 aliphatic rings. The molecule has 27 heavy (non-hydrogen) atoms. The van der Waals surface area contributed by atoms with Crippen LogP contribution in [0.4, 0.5) is 0 Å². The molecule has 152 valence electrons. The van der Waals surface area contributed by atoms with Crippen molar-refractivity contribution >= 4 is 29.9 Å². The molecule has 0 saturated carbocycles. The van der Waals surface area contributed by atoms with Crippen LogP contribution >= 0.6 is 24.0 Å². The van der Waals surface area contributed by atoms with Gasteiger partial charge in [0, 0.05) is 36.6 Å². The van der Waals surface area contributed by atoms with Crippen LogP contribution in [0.5, 0.6) is 0 Å². The minimum Gasteiger partial charge on any atom is -0.381 e. The van der Waals surface area contributed by atoms with Crippen molar-refractivity contribution in [3.63, 3.8) is 0 Å². The van der Waals surface area contributed by atoms with Crippen molar-refractivity contribution in [3.05, 3.63) is 34.9 Å². The van der Waals surface area contributed by atoms with E-state index in [0.717, 1.165) is 44.2 Å². The molecule has 2 fully saturated rings. The van der Waals surface area contributed by atoms with E-state index in [-0.39, 0.29) is 23.7 Å². The fourth-order valence-electron chi connectivity index (χ4n) is 4.31. The van der Waals surface area contributed by atoms with Crippen LogP contribution in [0.25, 0.3) is 0 Å². The molecule has 1 amide bonds. The summed E-state index contributed by atoms with van der Waals surface area (Å²) in [6.45, 7) is 6.47. The monoisotopic (exact) mass is 414 g/mol. The molecule has 0 radical (unpaired) electrons. The largest absolute Gasteiger partial charge is 0.381 e. The third kappa shape index (κ3) is 6.08. The molecule has 2 heterocycles. The van der Waals surface area contributed by atoms with Gasteiger partial charge in [-0.25, -0.2) is 0 Å². The molecule has 4 nitrogen and oxygen atoms in total. The average Bonchev–Trinajstić information content (AvgIpc) is 2.68. The maximum absolute atomic E-state index is 12.6. The number of piperidine rings is 1.